The van der Waals surface area contributed by atoms with Crippen LogP contribution in [0, 0.1) is 5.92 Å². The predicted molar refractivity (Wildman–Crippen MR) is 91.1 cm³/mol. The summed E-state index contributed by atoms with van der Waals surface area (Å²) in [7, 11) is -0.471. The fraction of sp³-hybridized carbons (Fsp3) is 0.611. The number of hydrogen-bond donors (Lipinski definition) is 0. The van der Waals surface area contributed by atoms with E-state index >= 15 is 0 Å². The fourth-order valence-electron chi connectivity index (χ4n) is 3.53. The SMILES string of the molecule is COC(=O)C(O[Si](C)(C)C)(c1ccccc1)C1CCCCC1. The lowest BCUT2D eigenvalue weighted by molar-refractivity contribution is -0.169. The summed E-state index contributed by atoms with van der Waals surface area (Å²) >= 11 is 0. The van der Waals surface area contributed by atoms with Crippen LogP contribution in [0.1, 0.15) is 37.7 Å². The predicted octanol–water partition coefficient (Wildman–Crippen LogP) is 4.49. The van der Waals surface area contributed by atoms with Crippen molar-refractivity contribution in [2.24, 2.45) is 5.92 Å². The van der Waals surface area contributed by atoms with Crippen molar-refractivity contribution in [3.05, 3.63) is 35.9 Å². The monoisotopic (exact) mass is 320 g/mol. The van der Waals surface area contributed by atoms with Crippen LogP contribution in [0.15, 0.2) is 30.3 Å². The number of methoxy groups -OCH3 is 1. The zero-order valence-corrected chi connectivity index (χ0v) is 15.2. The van der Waals surface area contributed by atoms with E-state index in [1.54, 1.807) is 0 Å². The van der Waals surface area contributed by atoms with Gasteiger partial charge in [0.2, 0.25) is 0 Å². The van der Waals surface area contributed by atoms with Crippen LogP contribution in [-0.4, -0.2) is 21.4 Å². The Morgan fingerprint density at radius 3 is 2.18 bits per heavy atom. The molecule has 1 fully saturated rings. The van der Waals surface area contributed by atoms with Crippen molar-refractivity contribution < 1.29 is 14.0 Å². The van der Waals surface area contributed by atoms with E-state index in [2.05, 4.69) is 19.6 Å². The summed E-state index contributed by atoms with van der Waals surface area (Å²) in [5.74, 6) is -0.0455. The summed E-state index contributed by atoms with van der Waals surface area (Å²) in [4.78, 5) is 12.9. The third-order valence-corrected chi connectivity index (χ3v) is 5.27. The molecule has 0 bridgehead atoms. The second-order valence-corrected chi connectivity index (χ2v) is 11.6. The van der Waals surface area contributed by atoms with Gasteiger partial charge in [0, 0.05) is 5.92 Å². The Kier molecular flexibility index (Phi) is 5.45. The van der Waals surface area contributed by atoms with E-state index in [-0.39, 0.29) is 11.9 Å². The molecule has 1 aliphatic carbocycles. The van der Waals surface area contributed by atoms with Gasteiger partial charge in [-0.1, -0.05) is 49.6 Å². The highest BCUT2D eigenvalue weighted by Gasteiger charge is 2.51. The molecule has 1 aromatic rings. The number of carbonyl (C=O) groups excluding carboxylic acids is 1. The summed E-state index contributed by atoms with van der Waals surface area (Å²) in [5.41, 5.74) is -0.00265. The van der Waals surface area contributed by atoms with E-state index in [1.807, 2.05) is 30.3 Å². The van der Waals surface area contributed by atoms with Crippen molar-refractivity contribution in [2.45, 2.75) is 57.3 Å². The average Bonchev–Trinajstić information content (AvgIpc) is 2.52. The molecule has 4 heteroatoms. The first kappa shape index (κ1) is 17.2. The zero-order chi connectivity index (χ0) is 16.2. The van der Waals surface area contributed by atoms with E-state index < -0.39 is 13.9 Å². The first-order valence-electron chi connectivity index (χ1n) is 8.24. The minimum atomic E-state index is -1.94. The Balaban J connectivity index is 2.54. The quantitative estimate of drug-likeness (QED) is 0.592. The molecule has 1 saturated carbocycles. The third-order valence-electron chi connectivity index (χ3n) is 4.34. The highest BCUT2D eigenvalue weighted by atomic mass is 28.4. The minimum absolute atomic E-state index is 0.197. The maximum atomic E-state index is 12.9. The van der Waals surface area contributed by atoms with Gasteiger partial charge in [-0.05, 0) is 38.0 Å². The molecule has 0 saturated heterocycles. The van der Waals surface area contributed by atoms with Crippen molar-refractivity contribution in [3.63, 3.8) is 0 Å². The van der Waals surface area contributed by atoms with E-state index in [9.17, 15) is 4.79 Å². The van der Waals surface area contributed by atoms with E-state index in [1.165, 1.54) is 13.5 Å². The van der Waals surface area contributed by atoms with Gasteiger partial charge in [-0.3, -0.25) is 0 Å². The van der Waals surface area contributed by atoms with Crippen molar-refractivity contribution >= 4 is 14.3 Å². The second-order valence-electron chi connectivity index (χ2n) is 7.14. The normalized spacial score (nSPS) is 19.5. The lowest BCUT2D eigenvalue weighted by Gasteiger charge is -2.44. The Morgan fingerprint density at radius 2 is 1.68 bits per heavy atom. The van der Waals surface area contributed by atoms with E-state index in [4.69, 9.17) is 9.16 Å². The summed E-state index contributed by atoms with van der Waals surface area (Å²) in [6.07, 6.45) is 5.61. The highest BCUT2D eigenvalue weighted by molar-refractivity contribution is 6.70. The number of rotatable bonds is 5. The largest absolute Gasteiger partial charge is 0.467 e. The average molecular weight is 321 g/mol. The number of benzene rings is 1. The molecule has 2 rings (SSSR count). The maximum Gasteiger partial charge on any atom is 0.342 e. The van der Waals surface area contributed by atoms with Gasteiger partial charge in [0.15, 0.2) is 13.9 Å². The van der Waals surface area contributed by atoms with Crippen LogP contribution in [0.4, 0.5) is 0 Å². The van der Waals surface area contributed by atoms with Crippen LogP contribution < -0.4 is 0 Å². The molecule has 0 spiro atoms. The third kappa shape index (κ3) is 3.61. The Bertz CT molecular complexity index is 489. The van der Waals surface area contributed by atoms with Crippen LogP contribution in [0.3, 0.4) is 0 Å². The van der Waals surface area contributed by atoms with Crippen LogP contribution in [-0.2, 0) is 19.6 Å². The number of hydrogen-bond acceptors (Lipinski definition) is 3. The molecule has 0 amide bonds. The molecule has 3 nitrogen and oxygen atoms in total. The molecular weight excluding hydrogens is 292 g/mol. The van der Waals surface area contributed by atoms with Crippen LogP contribution in [0.2, 0.25) is 19.6 Å². The first-order valence-corrected chi connectivity index (χ1v) is 11.6. The van der Waals surface area contributed by atoms with Crippen molar-refractivity contribution in [1.82, 2.24) is 0 Å². The molecule has 0 heterocycles. The van der Waals surface area contributed by atoms with Gasteiger partial charge in [-0.25, -0.2) is 4.79 Å². The lowest BCUT2D eigenvalue weighted by atomic mass is 9.73. The van der Waals surface area contributed by atoms with Gasteiger partial charge in [0.25, 0.3) is 0 Å². The van der Waals surface area contributed by atoms with Gasteiger partial charge in [0.05, 0.1) is 7.11 Å². The Labute approximate surface area is 135 Å². The van der Waals surface area contributed by atoms with Gasteiger partial charge in [0.1, 0.15) is 0 Å². The van der Waals surface area contributed by atoms with Crippen LogP contribution in [0.25, 0.3) is 0 Å². The molecule has 22 heavy (non-hydrogen) atoms. The van der Waals surface area contributed by atoms with Crippen LogP contribution >= 0.6 is 0 Å². The van der Waals surface area contributed by atoms with Crippen LogP contribution in [0.5, 0.6) is 0 Å². The van der Waals surface area contributed by atoms with Gasteiger partial charge < -0.3 is 9.16 Å². The summed E-state index contributed by atoms with van der Waals surface area (Å²) < 4.78 is 11.8. The highest BCUT2D eigenvalue weighted by Crippen LogP contribution is 2.44. The standard InChI is InChI=1S/C18H28O3Si/c1-20-17(19)18(21-22(2,3)4,15-11-7-5-8-12-15)16-13-9-6-10-14-16/h5,7-8,11-12,16H,6,9-10,13-14H2,1-4H3. The molecule has 0 aliphatic heterocycles. The molecule has 0 aromatic heterocycles. The molecule has 1 unspecified atom stereocenters. The topological polar surface area (TPSA) is 35.5 Å². The Morgan fingerprint density at radius 1 is 1.09 bits per heavy atom. The van der Waals surface area contributed by atoms with Gasteiger partial charge in [-0.15, -0.1) is 0 Å². The zero-order valence-electron chi connectivity index (χ0n) is 14.2. The molecule has 1 aliphatic rings. The number of carbonyl (C=O) groups is 1. The molecule has 1 aromatic carbocycles. The molecule has 0 N–H and O–H groups in total. The molecule has 122 valence electrons. The minimum Gasteiger partial charge on any atom is -0.467 e. The van der Waals surface area contributed by atoms with Crippen molar-refractivity contribution in [3.8, 4) is 0 Å². The smallest absolute Gasteiger partial charge is 0.342 e. The molecule has 0 radical (unpaired) electrons. The van der Waals surface area contributed by atoms with E-state index in [0.717, 1.165) is 31.2 Å². The van der Waals surface area contributed by atoms with E-state index in [0.29, 0.717) is 0 Å². The second kappa shape index (κ2) is 6.96. The summed E-state index contributed by atoms with van der Waals surface area (Å²) in [6, 6.07) is 9.94. The Hall–Kier alpha value is -1.13. The number of esters is 1. The van der Waals surface area contributed by atoms with Gasteiger partial charge in [-0.2, -0.15) is 0 Å². The van der Waals surface area contributed by atoms with Gasteiger partial charge >= 0.3 is 5.97 Å². The van der Waals surface area contributed by atoms with Crippen molar-refractivity contribution in [1.29, 1.82) is 0 Å². The maximum absolute atomic E-state index is 12.9. The lowest BCUT2D eigenvalue weighted by Crippen LogP contribution is -2.52. The summed E-state index contributed by atoms with van der Waals surface area (Å²) in [6.45, 7) is 6.41. The number of ether oxygens (including phenoxy) is 1. The van der Waals surface area contributed by atoms with Crippen molar-refractivity contribution in [2.75, 3.05) is 7.11 Å². The summed E-state index contributed by atoms with van der Waals surface area (Å²) in [5, 5.41) is 0. The fourth-order valence-corrected chi connectivity index (χ4v) is 4.87. The molecular formula is C18H28O3Si. The molecule has 1 atom stereocenters. The first-order chi connectivity index (χ1) is 10.4.